The topological polar surface area (TPSA) is 123 Å². The number of rotatable bonds is 4. The van der Waals surface area contributed by atoms with E-state index in [1.165, 1.54) is 22.9 Å². The molecule has 1 aliphatic carbocycles. The number of alkyl halides is 3. The van der Waals surface area contributed by atoms with Gasteiger partial charge in [-0.3, -0.25) is 9.98 Å². The van der Waals surface area contributed by atoms with Crippen molar-refractivity contribution in [3.63, 3.8) is 0 Å². The summed E-state index contributed by atoms with van der Waals surface area (Å²) >= 11 is 5.71. The van der Waals surface area contributed by atoms with Crippen molar-refractivity contribution >= 4 is 34.8 Å². The van der Waals surface area contributed by atoms with Crippen molar-refractivity contribution in [2.24, 2.45) is 4.99 Å². The van der Waals surface area contributed by atoms with Crippen LogP contribution in [0.15, 0.2) is 40.2 Å². The summed E-state index contributed by atoms with van der Waals surface area (Å²) in [6.07, 6.45) is 0.195. The van der Waals surface area contributed by atoms with Crippen LogP contribution in [0.2, 0.25) is 5.02 Å². The maximum atomic E-state index is 13.2. The van der Waals surface area contributed by atoms with Crippen molar-refractivity contribution in [1.29, 1.82) is 0 Å². The Kier molecular flexibility index (Phi) is 4.89. The van der Waals surface area contributed by atoms with Gasteiger partial charge in [0.2, 0.25) is 5.88 Å². The number of imidazole rings is 1. The second-order valence-electron chi connectivity index (χ2n) is 7.50. The van der Waals surface area contributed by atoms with Gasteiger partial charge in [-0.15, -0.1) is 0 Å². The van der Waals surface area contributed by atoms with Crippen molar-refractivity contribution in [2.45, 2.75) is 25.1 Å². The van der Waals surface area contributed by atoms with Gasteiger partial charge in [0.1, 0.15) is 11.5 Å². The molecule has 170 valence electrons. The Balaban J connectivity index is 1.64. The van der Waals surface area contributed by atoms with Gasteiger partial charge in [-0.05, 0) is 37.1 Å². The highest BCUT2D eigenvalue weighted by molar-refractivity contribution is 6.31. The summed E-state index contributed by atoms with van der Waals surface area (Å²) in [5.41, 5.74) is -0.504. The molecule has 33 heavy (non-hydrogen) atoms. The summed E-state index contributed by atoms with van der Waals surface area (Å²) in [6.45, 7) is 0. The number of hydrogen-bond donors (Lipinski definition) is 4. The molecule has 0 radical (unpaired) electrons. The van der Waals surface area contributed by atoms with E-state index in [2.05, 4.69) is 30.4 Å². The molecule has 1 aliphatic rings. The molecule has 13 heteroatoms. The third-order valence-corrected chi connectivity index (χ3v) is 5.25. The monoisotopic (exact) mass is 477 g/mol. The lowest BCUT2D eigenvalue weighted by Crippen LogP contribution is -2.20. The number of benzene rings is 1. The molecule has 5 rings (SSSR count). The van der Waals surface area contributed by atoms with Gasteiger partial charge >= 0.3 is 11.9 Å². The quantitative estimate of drug-likeness (QED) is 0.359. The Morgan fingerprint density at radius 1 is 1.27 bits per heavy atom. The fourth-order valence-electron chi connectivity index (χ4n) is 3.23. The van der Waals surface area contributed by atoms with Gasteiger partial charge in [0, 0.05) is 17.0 Å². The Morgan fingerprint density at radius 2 is 2.06 bits per heavy atom. The number of aromatic amines is 2. The average Bonchev–Trinajstić information content (AvgIpc) is 3.37. The van der Waals surface area contributed by atoms with E-state index in [9.17, 15) is 23.1 Å². The first-order valence-electron chi connectivity index (χ1n) is 9.77. The number of hydrogen-bond acceptors (Lipinski definition) is 6. The molecule has 0 saturated heterocycles. The number of nitrogens with one attached hydrogen (secondary N) is 3. The van der Waals surface area contributed by atoms with Gasteiger partial charge in [-0.2, -0.15) is 22.8 Å². The molecule has 9 nitrogen and oxygen atoms in total. The van der Waals surface area contributed by atoms with Crippen molar-refractivity contribution in [3.8, 4) is 5.88 Å². The van der Waals surface area contributed by atoms with E-state index in [4.69, 9.17) is 11.6 Å². The van der Waals surface area contributed by atoms with Crippen molar-refractivity contribution in [2.75, 3.05) is 5.32 Å². The van der Waals surface area contributed by atoms with Crippen molar-refractivity contribution < 1.29 is 18.3 Å². The van der Waals surface area contributed by atoms with Crippen LogP contribution in [0.5, 0.6) is 5.88 Å². The number of aromatic hydroxyl groups is 1. The van der Waals surface area contributed by atoms with Crippen LogP contribution in [0, 0.1) is 0 Å². The van der Waals surface area contributed by atoms with Gasteiger partial charge in [0.15, 0.2) is 11.1 Å². The normalized spacial score (nSPS) is 15.5. The van der Waals surface area contributed by atoms with Gasteiger partial charge in [-0.1, -0.05) is 11.6 Å². The van der Waals surface area contributed by atoms with E-state index in [0.717, 1.165) is 25.0 Å². The first-order chi connectivity index (χ1) is 15.7. The zero-order valence-electron chi connectivity index (χ0n) is 16.6. The summed E-state index contributed by atoms with van der Waals surface area (Å²) in [5.74, 6) is -0.114. The minimum atomic E-state index is -4.61. The zero-order chi connectivity index (χ0) is 23.3. The first-order valence-corrected chi connectivity index (χ1v) is 10.1. The Labute approximate surface area is 187 Å². The van der Waals surface area contributed by atoms with E-state index in [1.807, 2.05) is 0 Å². The summed E-state index contributed by atoms with van der Waals surface area (Å²) < 4.78 is 41.2. The summed E-state index contributed by atoms with van der Waals surface area (Å²) in [7, 11) is 0. The molecule has 0 amide bonds. The van der Waals surface area contributed by atoms with E-state index < -0.39 is 22.5 Å². The van der Waals surface area contributed by atoms with Crippen LogP contribution in [-0.2, 0) is 6.18 Å². The van der Waals surface area contributed by atoms with Crippen LogP contribution >= 0.6 is 11.6 Å². The standard InChI is InChI=1S/C20H15ClF3N7O2/c21-13-4-3-11(6-12(13)20(22,23)24)26-15-7-16(27-10-1-2-10)31-17(29-15)9(8-25-31)5-14-18(32)30-19(33)28-14/h3-8,10,26,32H,1-2H2,(H2,28,30,33)/b9-5+,27-16?. The van der Waals surface area contributed by atoms with E-state index in [-0.39, 0.29) is 29.1 Å². The van der Waals surface area contributed by atoms with Gasteiger partial charge in [0.05, 0.1) is 22.8 Å². The molecule has 0 bridgehead atoms. The Hall–Kier alpha value is -3.80. The number of nitrogens with zero attached hydrogens (tertiary/aromatic N) is 4. The van der Waals surface area contributed by atoms with Crippen LogP contribution in [-0.4, -0.2) is 35.7 Å². The second kappa shape index (κ2) is 7.66. The van der Waals surface area contributed by atoms with Crippen LogP contribution in [0.25, 0.3) is 11.7 Å². The van der Waals surface area contributed by atoms with Crippen LogP contribution in [0.4, 0.5) is 24.7 Å². The number of halogens is 4. The van der Waals surface area contributed by atoms with E-state index in [0.29, 0.717) is 16.4 Å². The lowest BCUT2D eigenvalue weighted by Gasteiger charge is -2.12. The predicted molar refractivity (Wildman–Crippen MR) is 113 cm³/mol. The highest BCUT2D eigenvalue weighted by Gasteiger charge is 2.33. The Bertz CT molecular complexity index is 1550. The third-order valence-electron chi connectivity index (χ3n) is 4.92. The highest BCUT2D eigenvalue weighted by atomic mass is 35.5. The largest absolute Gasteiger partial charge is 0.493 e. The summed E-state index contributed by atoms with van der Waals surface area (Å²) in [5, 5.41) is 17.0. The fourth-order valence-corrected chi connectivity index (χ4v) is 3.45. The molecule has 1 aromatic carbocycles. The molecule has 1 saturated carbocycles. The predicted octanol–water partition coefficient (Wildman–Crippen LogP) is 2.48. The number of fused-ring (bicyclic) bond motifs is 1. The van der Waals surface area contributed by atoms with Crippen molar-refractivity contribution in [1.82, 2.24) is 24.6 Å². The SMILES string of the molecule is O=c1[nH]c(O)c(/C=c2\cnn3c(=NC4CC4)cc(Nc4ccc(Cl)c(C(F)(F)F)c4)nc23)[nH]1. The summed E-state index contributed by atoms with van der Waals surface area (Å²) in [4.78, 5) is 25.2. The molecule has 0 aliphatic heterocycles. The maximum Gasteiger partial charge on any atom is 0.417 e. The molecular formula is C20H15ClF3N7O2. The maximum absolute atomic E-state index is 13.2. The van der Waals surface area contributed by atoms with Gasteiger partial charge < -0.3 is 15.4 Å². The third kappa shape index (κ3) is 4.29. The van der Waals surface area contributed by atoms with E-state index in [1.54, 1.807) is 6.07 Å². The molecule has 0 spiro atoms. The van der Waals surface area contributed by atoms with E-state index >= 15 is 0 Å². The zero-order valence-corrected chi connectivity index (χ0v) is 17.4. The molecule has 0 unspecified atom stereocenters. The molecule has 4 N–H and O–H groups in total. The molecule has 0 atom stereocenters. The molecule has 3 heterocycles. The highest BCUT2D eigenvalue weighted by Crippen LogP contribution is 2.36. The number of aromatic nitrogens is 5. The smallest absolute Gasteiger partial charge is 0.417 e. The molecule has 4 aromatic rings. The number of anilines is 2. The number of H-pyrrole nitrogens is 2. The minimum Gasteiger partial charge on any atom is -0.493 e. The average molecular weight is 478 g/mol. The van der Waals surface area contributed by atoms with Gasteiger partial charge in [-0.25, -0.2) is 9.78 Å². The second-order valence-corrected chi connectivity index (χ2v) is 7.91. The van der Waals surface area contributed by atoms with Gasteiger partial charge in [0.25, 0.3) is 0 Å². The Morgan fingerprint density at radius 3 is 2.73 bits per heavy atom. The minimum absolute atomic E-state index is 0.128. The lowest BCUT2D eigenvalue weighted by molar-refractivity contribution is -0.137. The molecular weight excluding hydrogens is 463 g/mol. The van der Waals surface area contributed by atoms with Crippen molar-refractivity contribution in [3.05, 3.63) is 67.9 Å². The molecule has 1 fully saturated rings. The van der Waals surface area contributed by atoms with Crippen LogP contribution in [0.1, 0.15) is 24.1 Å². The lowest BCUT2D eigenvalue weighted by atomic mass is 10.2. The van der Waals surface area contributed by atoms with Crippen LogP contribution in [0.3, 0.4) is 0 Å². The van der Waals surface area contributed by atoms with Crippen LogP contribution < -0.4 is 21.7 Å². The fraction of sp³-hybridized carbons (Fsp3) is 0.200. The molecule has 3 aromatic heterocycles. The summed E-state index contributed by atoms with van der Waals surface area (Å²) in [6, 6.07) is 5.19. The first kappa shape index (κ1) is 21.1.